The number of hydrogen-bond donors (Lipinski definition) is 2. The Morgan fingerprint density at radius 2 is 1.90 bits per heavy atom. The number of nitrogens with two attached hydrogens (primary N) is 1. The van der Waals surface area contributed by atoms with Crippen LogP contribution in [0.25, 0.3) is 0 Å². The number of hydrogen-bond acceptors (Lipinski definition) is 6. The molecule has 0 fully saturated rings. The van der Waals surface area contributed by atoms with E-state index in [9.17, 15) is 9.59 Å². The van der Waals surface area contributed by atoms with Crippen LogP contribution in [0.4, 0.5) is 5.69 Å². The number of ether oxygens (including phenoxy) is 3. The van der Waals surface area contributed by atoms with E-state index in [2.05, 4.69) is 10.1 Å². The summed E-state index contributed by atoms with van der Waals surface area (Å²) in [6.45, 7) is -0.0208. The zero-order valence-corrected chi connectivity index (χ0v) is 11.4. The molecule has 0 aliphatic carbocycles. The number of nitrogens with one attached hydrogen (secondary N) is 1. The fourth-order valence-electron chi connectivity index (χ4n) is 1.33. The number of carbonyl (C=O) groups is 2. The third-order valence-corrected chi connectivity index (χ3v) is 2.39. The van der Waals surface area contributed by atoms with E-state index in [1.165, 1.54) is 14.2 Å². The van der Waals surface area contributed by atoms with Crippen molar-refractivity contribution in [1.82, 2.24) is 0 Å². The van der Waals surface area contributed by atoms with E-state index in [1.807, 2.05) is 0 Å². The third kappa shape index (κ3) is 5.25. The highest BCUT2D eigenvalue weighted by atomic mass is 16.6. The van der Waals surface area contributed by atoms with Crippen LogP contribution in [-0.2, 0) is 19.1 Å². The van der Waals surface area contributed by atoms with Gasteiger partial charge in [-0.15, -0.1) is 0 Å². The molecule has 0 saturated heterocycles. The molecule has 7 nitrogen and oxygen atoms in total. The van der Waals surface area contributed by atoms with E-state index in [1.54, 1.807) is 24.3 Å². The lowest BCUT2D eigenvalue weighted by atomic mass is 10.2. The van der Waals surface area contributed by atoms with Crippen molar-refractivity contribution in [3.05, 3.63) is 24.3 Å². The van der Waals surface area contributed by atoms with Crippen LogP contribution in [0.2, 0.25) is 0 Å². The zero-order valence-electron chi connectivity index (χ0n) is 11.4. The average Bonchev–Trinajstić information content (AvgIpc) is 2.46. The van der Waals surface area contributed by atoms with Gasteiger partial charge in [-0.05, 0) is 24.3 Å². The molecule has 0 saturated carbocycles. The third-order valence-electron chi connectivity index (χ3n) is 2.39. The largest absolute Gasteiger partial charge is 0.482 e. The van der Waals surface area contributed by atoms with Gasteiger partial charge in [0.1, 0.15) is 11.8 Å². The van der Waals surface area contributed by atoms with Crippen molar-refractivity contribution < 1.29 is 23.8 Å². The van der Waals surface area contributed by atoms with Crippen molar-refractivity contribution in [2.45, 2.75) is 6.04 Å². The van der Waals surface area contributed by atoms with Crippen LogP contribution < -0.4 is 15.8 Å². The molecule has 0 spiro atoms. The number of benzene rings is 1. The Balaban J connectivity index is 2.50. The molecule has 3 N–H and O–H groups in total. The summed E-state index contributed by atoms with van der Waals surface area (Å²) in [5.41, 5.74) is 6.16. The van der Waals surface area contributed by atoms with Crippen molar-refractivity contribution in [3.8, 4) is 5.75 Å². The quantitative estimate of drug-likeness (QED) is 0.691. The predicted octanol–water partition coefficient (Wildman–Crippen LogP) is 0.151. The van der Waals surface area contributed by atoms with Crippen LogP contribution in [-0.4, -0.2) is 45.4 Å². The molecule has 1 atom stereocenters. The second kappa shape index (κ2) is 8.13. The maximum Gasteiger partial charge on any atom is 0.343 e. The molecule has 0 aliphatic heterocycles. The van der Waals surface area contributed by atoms with Gasteiger partial charge in [0.15, 0.2) is 6.61 Å². The molecule has 0 aliphatic rings. The van der Waals surface area contributed by atoms with Gasteiger partial charge in [-0.2, -0.15) is 0 Å². The first-order chi connectivity index (χ1) is 9.56. The molecule has 1 aromatic carbocycles. The average molecular weight is 282 g/mol. The summed E-state index contributed by atoms with van der Waals surface area (Å²) >= 11 is 0. The zero-order chi connectivity index (χ0) is 15.0. The Bertz CT molecular complexity index is 447. The van der Waals surface area contributed by atoms with Crippen molar-refractivity contribution in [3.63, 3.8) is 0 Å². The minimum absolute atomic E-state index is 0.145. The summed E-state index contributed by atoms with van der Waals surface area (Å²) < 4.78 is 14.4. The summed E-state index contributed by atoms with van der Waals surface area (Å²) in [5, 5.41) is 2.64. The van der Waals surface area contributed by atoms with Crippen LogP contribution in [0.3, 0.4) is 0 Å². The first-order valence-corrected chi connectivity index (χ1v) is 5.92. The molecule has 0 aromatic heterocycles. The van der Waals surface area contributed by atoms with Gasteiger partial charge in [0.2, 0.25) is 5.91 Å². The van der Waals surface area contributed by atoms with E-state index >= 15 is 0 Å². The lowest BCUT2D eigenvalue weighted by molar-refractivity contribution is -0.142. The van der Waals surface area contributed by atoms with Crippen molar-refractivity contribution in [1.29, 1.82) is 0 Å². The number of amides is 1. The van der Waals surface area contributed by atoms with Crippen molar-refractivity contribution in [2.75, 3.05) is 32.8 Å². The summed E-state index contributed by atoms with van der Waals surface area (Å²) in [7, 11) is 2.76. The van der Waals surface area contributed by atoms with Crippen LogP contribution in [0.15, 0.2) is 24.3 Å². The maximum atomic E-state index is 11.6. The first kappa shape index (κ1) is 15.9. The number of rotatable bonds is 7. The van der Waals surface area contributed by atoms with E-state index in [-0.39, 0.29) is 19.1 Å². The second-order valence-corrected chi connectivity index (χ2v) is 3.94. The molecule has 7 heteroatoms. The molecule has 0 radical (unpaired) electrons. The maximum absolute atomic E-state index is 11.6. The number of methoxy groups -OCH3 is 2. The Morgan fingerprint density at radius 3 is 2.45 bits per heavy atom. The van der Waals surface area contributed by atoms with Gasteiger partial charge in [0, 0.05) is 12.8 Å². The van der Waals surface area contributed by atoms with E-state index in [4.69, 9.17) is 15.2 Å². The molecule has 0 bridgehead atoms. The number of esters is 1. The second-order valence-electron chi connectivity index (χ2n) is 3.94. The SMILES string of the molecule is COCC(N)C(=O)Nc1ccc(OCC(=O)OC)cc1. The summed E-state index contributed by atoms with van der Waals surface area (Å²) in [6.07, 6.45) is 0. The van der Waals surface area contributed by atoms with Gasteiger partial charge in [-0.25, -0.2) is 4.79 Å². The van der Waals surface area contributed by atoms with E-state index in [0.29, 0.717) is 11.4 Å². The highest BCUT2D eigenvalue weighted by Gasteiger charge is 2.13. The molecule has 1 aromatic rings. The molecular formula is C13H18N2O5. The van der Waals surface area contributed by atoms with Crippen LogP contribution >= 0.6 is 0 Å². The Kier molecular flexibility index (Phi) is 6.48. The van der Waals surface area contributed by atoms with Crippen molar-refractivity contribution >= 4 is 17.6 Å². The number of carbonyl (C=O) groups excluding carboxylic acids is 2. The minimum Gasteiger partial charge on any atom is -0.482 e. The topological polar surface area (TPSA) is 99.9 Å². The molecule has 110 valence electrons. The van der Waals surface area contributed by atoms with Gasteiger partial charge in [0.05, 0.1) is 13.7 Å². The highest BCUT2D eigenvalue weighted by molar-refractivity contribution is 5.94. The van der Waals surface area contributed by atoms with E-state index in [0.717, 1.165) is 0 Å². The molecule has 1 unspecified atom stereocenters. The van der Waals surface area contributed by atoms with Crippen LogP contribution in [0.1, 0.15) is 0 Å². The summed E-state index contributed by atoms with van der Waals surface area (Å²) in [6, 6.07) is 5.81. The lowest BCUT2D eigenvalue weighted by Crippen LogP contribution is -2.39. The normalized spacial score (nSPS) is 11.6. The molecule has 0 heterocycles. The van der Waals surface area contributed by atoms with Crippen LogP contribution in [0.5, 0.6) is 5.75 Å². The number of anilines is 1. The lowest BCUT2D eigenvalue weighted by Gasteiger charge is -2.11. The van der Waals surface area contributed by atoms with Gasteiger partial charge in [-0.3, -0.25) is 4.79 Å². The van der Waals surface area contributed by atoms with Gasteiger partial charge in [0.25, 0.3) is 0 Å². The fourth-order valence-corrected chi connectivity index (χ4v) is 1.33. The first-order valence-electron chi connectivity index (χ1n) is 5.92. The van der Waals surface area contributed by atoms with E-state index < -0.39 is 12.0 Å². The minimum atomic E-state index is -0.727. The van der Waals surface area contributed by atoms with Gasteiger partial charge in [-0.1, -0.05) is 0 Å². The van der Waals surface area contributed by atoms with Crippen molar-refractivity contribution in [2.24, 2.45) is 5.73 Å². The Labute approximate surface area is 117 Å². The van der Waals surface area contributed by atoms with Gasteiger partial charge >= 0.3 is 5.97 Å². The smallest absolute Gasteiger partial charge is 0.343 e. The predicted molar refractivity (Wildman–Crippen MR) is 72.4 cm³/mol. The summed E-state index contributed by atoms with van der Waals surface area (Å²) in [4.78, 5) is 22.5. The van der Waals surface area contributed by atoms with Gasteiger partial charge < -0.3 is 25.3 Å². The van der Waals surface area contributed by atoms with Crippen LogP contribution in [0, 0.1) is 0 Å². The molecule has 1 amide bonds. The summed E-state index contributed by atoms with van der Waals surface area (Å²) in [5.74, 6) is -0.308. The molecular weight excluding hydrogens is 264 g/mol. The fraction of sp³-hybridized carbons (Fsp3) is 0.385. The monoisotopic (exact) mass is 282 g/mol. The standard InChI is InChI=1S/C13H18N2O5/c1-18-7-11(14)13(17)15-9-3-5-10(6-4-9)20-8-12(16)19-2/h3-6,11H,7-8,14H2,1-2H3,(H,15,17). The molecule has 20 heavy (non-hydrogen) atoms. The molecule has 1 rings (SSSR count). The Morgan fingerprint density at radius 1 is 1.25 bits per heavy atom. The highest BCUT2D eigenvalue weighted by Crippen LogP contribution is 2.15. The Hall–Kier alpha value is -2.12.